The summed E-state index contributed by atoms with van der Waals surface area (Å²) in [7, 11) is -5.11. The van der Waals surface area contributed by atoms with Gasteiger partial charge in [-0.15, -0.1) is 0 Å². The minimum absolute atomic E-state index is 0.389. The Balaban J connectivity index is 1.74. The molecule has 0 saturated heterocycles. The molecule has 0 atom stereocenters. The minimum Gasteiger partial charge on any atom is -0.347 e. The van der Waals surface area contributed by atoms with Gasteiger partial charge in [0.1, 0.15) is 5.40 Å². The van der Waals surface area contributed by atoms with Gasteiger partial charge in [-0.1, -0.05) is 153 Å². The molecule has 210 valence electrons. The van der Waals surface area contributed by atoms with Crippen LogP contribution in [-0.2, 0) is 14.5 Å². The molecule has 5 heteroatoms. The monoisotopic (exact) mass is 587 g/mol. The van der Waals surface area contributed by atoms with Crippen LogP contribution < -0.4 is 26.1 Å². The summed E-state index contributed by atoms with van der Waals surface area (Å²) >= 11 is 0. The Bertz CT molecular complexity index is 1630. The zero-order chi connectivity index (χ0) is 29.4. The van der Waals surface area contributed by atoms with E-state index < -0.39 is 19.7 Å². The maximum absolute atomic E-state index is 16.3. The van der Waals surface area contributed by atoms with E-state index >= 15 is 9.13 Å². The lowest BCUT2D eigenvalue weighted by molar-refractivity contribution is 0.576. The molecule has 6 rings (SSSR count). The normalized spacial score (nSPS) is 15.6. The highest BCUT2D eigenvalue weighted by Crippen LogP contribution is 2.67. The predicted octanol–water partition coefficient (Wildman–Crippen LogP) is 7.65. The van der Waals surface area contributed by atoms with Crippen LogP contribution in [0.1, 0.15) is 19.4 Å². The van der Waals surface area contributed by atoms with Crippen molar-refractivity contribution in [3.05, 3.63) is 163 Å². The summed E-state index contributed by atoms with van der Waals surface area (Å²) < 4.78 is 32.5. The summed E-state index contributed by atoms with van der Waals surface area (Å²) in [6.45, 7) is 4.40. The Labute approximate surface area is 249 Å². The highest BCUT2D eigenvalue weighted by atomic mass is 31.2. The van der Waals surface area contributed by atoms with Gasteiger partial charge in [-0.2, -0.15) is 0 Å². The zero-order valence-corrected chi connectivity index (χ0v) is 26.0. The van der Waals surface area contributed by atoms with Crippen LogP contribution in [0.3, 0.4) is 0 Å². The van der Waals surface area contributed by atoms with Crippen LogP contribution in [0.5, 0.6) is 0 Å². The predicted molar refractivity (Wildman–Crippen MR) is 179 cm³/mol. The number of para-hydroxylation sites is 1. The molecule has 3 nitrogen and oxygen atoms in total. The summed E-state index contributed by atoms with van der Waals surface area (Å²) in [6.07, 6.45) is 2.10. The molecule has 1 aliphatic heterocycles. The summed E-state index contributed by atoms with van der Waals surface area (Å²) in [6, 6.07) is 46.9. The molecule has 0 N–H and O–H groups in total. The standard InChI is InChI=1S/C37H35NO2P2/c1-37(2)33-26-16-17-27-34(33)38(3)35(37)28-36(41(39,29-18-8-4-9-19-29)30-20-10-5-11-21-30)42(40,31-22-12-6-13-23-31)32-24-14-7-15-25-32/h4-28,36H,1-3H3/b35-28+. The van der Waals surface area contributed by atoms with E-state index in [0.717, 1.165) is 11.4 Å². The largest absolute Gasteiger partial charge is 0.347 e. The molecule has 1 heterocycles. The molecular formula is C37H35NO2P2. The number of allylic oxidation sites excluding steroid dienone is 2. The van der Waals surface area contributed by atoms with Crippen LogP contribution in [0.2, 0.25) is 0 Å². The van der Waals surface area contributed by atoms with Gasteiger partial charge < -0.3 is 14.0 Å². The van der Waals surface area contributed by atoms with Gasteiger partial charge in [0.05, 0.1) is 0 Å². The molecule has 5 aromatic carbocycles. The molecule has 42 heavy (non-hydrogen) atoms. The van der Waals surface area contributed by atoms with E-state index in [9.17, 15) is 0 Å². The highest BCUT2D eigenvalue weighted by molar-refractivity contribution is 7.95. The van der Waals surface area contributed by atoms with Gasteiger partial charge in [0, 0.05) is 45.1 Å². The van der Waals surface area contributed by atoms with Crippen molar-refractivity contribution in [3.63, 3.8) is 0 Å². The highest BCUT2D eigenvalue weighted by Gasteiger charge is 2.50. The second kappa shape index (κ2) is 11.1. The van der Waals surface area contributed by atoms with E-state index in [4.69, 9.17) is 0 Å². The van der Waals surface area contributed by atoms with E-state index in [1.54, 1.807) is 0 Å². The van der Waals surface area contributed by atoms with Gasteiger partial charge in [0.15, 0.2) is 14.3 Å². The number of nitrogens with zero attached hydrogens (tertiary/aromatic N) is 1. The molecular weight excluding hydrogens is 552 g/mol. The summed E-state index contributed by atoms with van der Waals surface area (Å²) in [5, 5.41) is 1.94. The SMILES string of the molecule is CN1/C(=C/C(P(=O)(c2ccccc2)c2ccccc2)P(=O)(c2ccccc2)c2ccccc2)C(C)(C)c2ccccc21. The Morgan fingerprint density at radius 2 is 0.881 bits per heavy atom. The maximum atomic E-state index is 16.3. The first kappa shape index (κ1) is 28.2. The molecule has 0 radical (unpaired) electrons. The third-order valence-electron chi connectivity index (χ3n) is 8.55. The van der Waals surface area contributed by atoms with Crippen molar-refractivity contribution in [2.45, 2.75) is 24.7 Å². The fraction of sp³-hybridized carbons (Fsp3) is 0.135. The van der Waals surface area contributed by atoms with Crippen LogP contribution >= 0.6 is 14.3 Å². The van der Waals surface area contributed by atoms with Crippen molar-refractivity contribution in [2.75, 3.05) is 11.9 Å². The second-order valence-electron chi connectivity index (χ2n) is 11.3. The van der Waals surface area contributed by atoms with Crippen molar-refractivity contribution in [1.29, 1.82) is 0 Å². The van der Waals surface area contributed by atoms with E-state index in [1.165, 1.54) is 5.56 Å². The lowest BCUT2D eigenvalue weighted by Gasteiger charge is -2.36. The average Bonchev–Trinajstić information content (AvgIpc) is 3.24. The molecule has 0 aliphatic carbocycles. The van der Waals surface area contributed by atoms with Crippen molar-refractivity contribution in [1.82, 2.24) is 0 Å². The summed E-state index contributed by atoms with van der Waals surface area (Å²) in [5.74, 6) is 0. The molecule has 0 unspecified atom stereocenters. The Morgan fingerprint density at radius 1 is 0.548 bits per heavy atom. The van der Waals surface area contributed by atoms with Gasteiger partial charge in [0.25, 0.3) is 0 Å². The maximum Gasteiger partial charge on any atom is 0.157 e. The topological polar surface area (TPSA) is 37.4 Å². The molecule has 0 bridgehead atoms. The number of rotatable bonds is 7. The van der Waals surface area contributed by atoms with Crippen LogP contribution in [0.4, 0.5) is 5.69 Å². The van der Waals surface area contributed by atoms with E-state index in [2.05, 4.69) is 50.1 Å². The second-order valence-corrected chi connectivity index (χ2v) is 17.5. The summed E-state index contributed by atoms with van der Waals surface area (Å²) in [5.41, 5.74) is 2.91. The Morgan fingerprint density at radius 3 is 1.24 bits per heavy atom. The van der Waals surface area contributed by atoms with Crippen LogP contribution in [0.15, 0.2) is 157 Å². The number of hydrogen-bond acceptors (Lipinski definition) is 3. The molecule has 0 fully saturated rings. The van der Waals surface area contributed by atoms with Gasteiger partial charge >= 0.3 is 0 Å². The quantitative estimate of drug-likeness (QED) is 0.184. The van der Waals surface area contributed by atoms with Crippen molar-refractivity contribution in [3.8, 4) is 0 Å². The first-order chi connectivity index (χ1) is 20.3. The van der Waals surface area contributed by atoms with E-state index in [1.807, 2.05) is 127 Å². The number of anilines is 1. The average molecular weight is 588 g/mol. The lowest BCUT2D eigenvalue weighted by Crippen LogP contribution is -2.34. The van der Waals surface area contributed by atoms with Gasteiger partial charge in [-0.3, -0.25) is 0 Å². The van der Waals surface area contributed by atoms with Crippen molar-refractivity contribution >= 4 is 41.2 Å². The van der Waals surface area contributed by atoms with Crippen molar-refractivity contribution in [2.24, 2.45) is 0 Å². The van der Waals surface area contributed by atoms with Crippen molar-refractivity contribution < 1.29 is 9.13 Å². The van der Waals surface area contributed by atoms with Crippen LogP contribution in [-0.4, -0.2) is 12.4 Å². The smallest absolute Gasteiger partial charge is 0.157 e. The molecule has 0 spiro atoms. The third-order valence-corrected chi connectivity index (χ3v) is 16.6. The lowest BCUT2D eigenvalue weighted by atomic mass is 9.84. The Hall–Kier alpha value is -3.90. The third kappa shape index (κ3) is 4.53. The van der Waals surface area contributed by atoms with E-state index in [-0.39, 0.29) is 5.41 Å². The van der Waals surface area contributed by atoms with Gasteiger partial charge in [-0.25, -0.2) is 0 Å². The minimum atomic E-state index is -3.58. The van der Waals surface area contributed by atoms with Crippen LogP contribution in [0.25, 0.3) is 0 Å². The fourth-order valence-corrected chi connectivity index (χ4v) is 14.8. The van der Waals surface area contributed by atoms with Gasteiger partial charge in [0.2, 0.25) is 0 Å². The molecule has 1 aliphatic rings. The fourth-order valence-electron chi connectivity index (χ4n) is 6.39. The first-order valence-electron chi connectivity index (χ1n) is 14.3. The molecule has 5 aromatic rings. The van der Waals surface area contributed by atoms with Gasteiger partial charge in [-0.05, 0) is 17.7 Å². The van der Waals surface area contributed by atoms with Crippen LogP contribution in [0, 0.1) is 0 Å². The Kier molecular flexibility index (Phi) is 7.44. The number of benzene rings is 5. The molecule has 0 saturated carbocycles. The summed E-state index contributed by atoms with van der Waals surface area (Å²) in [4.78, 5) is 2.18. The zero-order valence-electron chi connectivity index (χ0n) is 24.2. The number of hydrogen-bond donors (Lipinski definition) is 0. The number of likely N-dealkylation sites (N-methyl/N-ethyl adjacent to an activating group) is 1. The molecule has 0 aromatic heterocycles. The molecule has 0 amide bonds. The van der Waals surface area contributed by atoms with E-state index in [0.29, 0.717) is 21.2 Å². The first-order valence-corrected chi connectivity index (χ1v) is 17.8. The number of fused-ring (bicyclic) bond motifs is 1.